The lowest BCUT2D eigenvalue weighted by atomic mass is 10.1. The van der Waals surface area contributed by atoms with E-state index >= 15 is 0 Å². The van der Waals surface area contributed by atoms with Gasteiger partial charge in [0.2, 0.25) is 0 Å². The van der Waals surface area contributed by atoms with Gasteiger partial charge in [-0.2, -0.15) is 18.2 Å². The van der Waals surface area contributed by atoms with Crippen molar-refractivity contribution < 1.29 is 18.0 Å². The van der Waals surface area contributed by atoms with Crippen LogP contribution < -0.4 is 5.06 Å². The number of nitrogens with zero attached hydrogens (tertiary/aromatic N) is 2. The molecule has 2 aromatic rings. The number of aryl methyl sites for hydroxylation is 1. The summed E-state index contributed by atoms with van der Waals surface area (Å²) >= 11 is 0. The van der Waals surface area contributed by atoms with E-state index in [0.29, 0.717) is 11.3 Å². The maximum Gasteiger partial charge on any atom is 0.471 e. The summed E-state index contributed by atoms with van der Waals surface area (Å²) in [6.07, 6.45) is -5.48. The zero-order chi connectivity index (χ0) is 15.7. The largest absolute Gasteiger partial charge is 0.471 e. The molecule has 1 unspecified atom stereocenters. The predicted molar refractivity (Wildman–Crippen MR) is 77.4 cm³/mol. The maximum atomic E-state index is 13.0. The minimum atomic E-state index is -4.62. The van der Waals surface area contributed by atoms with Gasteiger partial charge in [-0.15, -0.1) is 0 Å². The van der Waals surface area contributed by atoms with Gasteiger partial charge in [-0.05, 0) is 24.1 Å². The summed E-state index contributed by atoms with van der Waals surface area (Å²) in [5.41, 5.74) is 1.99. The number of rotatable bonds is 2. The Morgan fingerprint density at radius 3 is 2.27 bits per heavy atom. The maximum absolute atomic E-state index is 13.0. The Balaban J connectivity index is 2.04. The molecule has 0 radical (unpaired) electrons. The molecule has 0 aliphatic carbocycles. The average molecular weight is 306 g/mol. The predicted octanol–water partition coefficient (Wildman–Crippen LogP) is 4.41. The fraction of sp³-hybridized carbons (Fsp3) is 0.188. The van der Waals surface area contributed by atoms with Crippen LogP contribution >= 0.6 is 0 Å². The molecule has 3 nitrogen and oxygen atoms in total. The van der Waals surface area contributed by atoms with Crippen LogP contribution in [0.2, 0.25) is 0 Å². The van der Waals surface area contributed by atoms with Gasteiger partial charge in [-0.3, -0.25) is 0 Å². The van der Waals surface area contributed by atoms with Crippen LogP contribution in [0.5, 0.6) is 0 Å². The fourth-order valence-electron chi connectivity index (χ4n) is 2.28. The van der Waals surface area contributed by atoms with Gasteiger partial charge < -0.3 is 4.84 Å². The molecule has 1 atom stereocenters. The Kier molecular flexibility index (Phi) is 3.52. The van der Waals surface area contributed by atoms with Crippen LogP contribution in [0.1, 0.15) is 17.3 Å². The van der Waals surface area contributed by atoms with Crippen LogP contribution in [0, 0.1) is 6.92 Å². The van der Waals surface area contributed by atoms with E-state index in [1.165, 1.54) is 5.06 Å². The zero-order valence-electron chi connectivity index (χ0n) is 11.7. The van der Waals surface area contributed by atoms with E-state index < -0.39 is 18.2 Å². The summed E-state index contributed by atoms with van der Waals surface area (Å²) in [5.74, 6) is -1.23. The third kappa shape index (κ3) is 2.64. The fourth-order valence-corrected chi connectivity index (χ4v) is 2.28. The van der Waals surface area contributed by atoms with E-state index in [0.717, 1.165) is 5.56 Å². The molecule has 0 saturated carbocycles. The minimum absolute atomic E-state index is 0.555. The van der Waals surface area contributed by atoms with Crippen molar-refractivity contribution in [3.05, 3.63) is 65.7 Å². The highest BCUT2D eigenvalue weighted by Gasteiger charge is 2.46. The molecule has 1 aliphatic rings. The monoisotopic (exact) mass is 306 g/mol. The second-order valence-electron chi connectivity index (χ2n) is 4.92. The van der Waals surface area contributed by atoms with Crippen molar-refractivity contribution in [2.24, 2.45) is 4.99 Å². The number of hydrogen-bond donors (Lipinski definition) is 0. The number of alkyl halides is 3. The molecule has 1 aliphatic heterocycles. The summed E-state index contributed by atoms with van der Waals surface area (Å²) in [6, 6.07) is 15.8. The Bertz CT molecular complexity index is 698. The lowest BCUT2D eigenvalue weighted by Gasteiger charge is -2.25. The highest BCUT2D eigenvalue weighted by Crippen LogP contribution is 2.38. The van der Waals surface area contributed by atoms with E-state index in [1.807, 2.05) is 19.1 Å². The molecular weight excluding hydrogens is 293 g/mol. The Morgan fingerprint density at radius 2 is 1.64 bits per heavy atom. The third-order valence-corrected chi connectivity index (χ3v) is 3.34. The molecule has 1 heterocycles. The van der Waals surface area contributed by atoms with Gasteiger partial charge in [0, 0.05) is 0 Å². The van der Waals surface area contributed by atoms with Gasteiger partial charge in [0.15, 0.2) is 6.17 Å². The first-order valence-corrected chi connectivity index (χ1v) is 6.69. The molecule has 0 spiro atoms. The van der Waals surface area contributed by atoms with Crippen LogP contribution in [-0.2, 0) is 4.84 Å². The molecule has 3 rings (SSSR count). The molecule has 0 bridgehead atoms. The van der Waals surface area contributed by atoms with Gasteiger partial charge in [0.25, 0.3) is 0 Å². The van der Waals surface area contributed by atoms with Gasteiger partial charge in [0.1, 0.15) is 0 Å². The summed E-state index contributed by atoms with van der Waals surface area (Å²) in [6.45, 7) is 1.81. The van der Waals surface area contributed by atoms with Crippen LogP contribution in [0.4, 0.5) is 18.9 Å². The number of hydrogen-bond acceptors (Lipinski definition) is 3. The molecule has 0 N–H and O–H groups in total. The first-order chi connectivity index (χ1) is 10.5. The summed E-state index contributed by atoms with van der Waals surface area (Å²) in [7, 11) is 0. The van der Waals surface area contributed by atoms with Gasteiger partial charge >= 0.3 is 12.1 Å². The molecule has 0 aromatic heterocycles. The smallest absolute Gasteiger partial charge is 0.352 e. The average Bonchev–Trinajstić information content (AvgIpc) is 2.94. The summed E-state index contributed by atoms with van der Waals surface area (Å²) in [5, 5.41) is 1.20. The SMILES string of the molecule is Cc1ccccc1N1OC(C(F)(F)F)=NC1c1ccccc1. The standard InChI is InChI=1S/C16H13F3N2O/c1-11-7-5-6-10-13(11)21-14(12-8-3-2-4-9-12)20-15(22-21)16(17,18)19/h2-10,14H,1H3. The molecule has 0 fully saturated rings. The Hall–Kier alpha value is -2.50. The van der Waals surface area contributed by atoms with E-state index in [-0.39, 0.29) is 0 Å². The van der Waals surface area contributed by atoms with E-state index in [1.54, 1.807) is 42.5 Å². The van der Waals surface area contributed by atoms with Crippen molar-refractivity contribution in [3.63, 3.8) is 0 Å². The van der Waals surface area contributed by atoms with Crippen molar-refractivity contribution in [2.75, 3.05) is 5.06 Å². The van der Waals surface area contributed by atoms with Crippen molar-refractivity contribution in [1.29, 1.82) is 0 Å². The number of anilines is 1. The van der Waals surface area contributed by atoms with Crippen LogP contribution in [-0.4, -0.2) is 12.1 Å². The lowest BCUT2D eigenvalue weighted by molar-refractivity contribution is -0.0766. The molecular formula is C16H13F3N2O. The highest BCUT2D eigenvalue weighted by atomic mass is 19.4. The number of benzene rings is 2. The second-order valence-corrected chi connectivity index (χ2v) is 4.92. The van der Waals surface area contributed by atoms with E-state index in [4.69, 9.17) is 4.84 Å². The van der Waals surface area contributed by atoms with Crippen molar-refractivity contribution >= 4 is 11.6 Å². The van der Waals surface area contributed by atoms with Crippen molar-refractivity contribution in [2.45, 2.75) is 19.3 Å². The number of aliphatic imine (C=N–C) groups is 1. The number of halogens is 3. The van der Waals surface area contributed by atoms with Crippen molar-refractivity contribution in [3.8, 4) is 0 Å². The van der Waals surface area contributed by atoms with Crippen molar-refractivity contribution in [1.82, 2.24) is 0 Å². The normalized spacial score (nSPS) is 18.1. The van der Waals surface area contributed by atoms with Crippen LogP contribution in [0.25, 0.3) is 0 Å². The third-order valence-electron chi connectivity index (χ3n) is 3.34. The Labute approximate surface area is 125 Å². The second kappa shape index (κ2) is 5.36. The van der Waals surface area contributed by atoms with E-state index in [2.05, 4.69) is 4.99 Å². The number of hydroxylamine groups is 1. The van der Waals surface area contributed by atoms with Crippen LogP contribution in [0.3, 0.4) is 0 Å². The molecule has 114 valence electrons. The molecule has 2 aromatic carbocycles. The topological polar surface area (TPSA) is 24.8 Å². The minimum Gasteiger partial charge on any atom is -0.352 e. The highest BCUT2D eigenvalue weighted by molar-refractivity contribution is 5.85. The lowest BCUT2D eigenvalue weighted by Crippen LogP contribution is -2.29. The molecule has 0 amide bonds. The molecule has 6 heteroatoms. The Morgan fingerprint density at radius 1 is 1.00 bits per heavy atom. The zero-order valence-corrected chi connectivity index (χ0v) is 11.7. The first kappa shape index (κ1) is 14.4. The summed E-state index contributed by atoms with van der Waals surface area (Å²) < 4.78 is 38.9. The van der Waals surface area contributed by atoms with E-state index in [9.17, 15) is 13.2 Å². The quantitative estimate of drug-likeness (QED) is 0.821. The van der Waals surface area contributed by atoms with Gasteiger partial charge in [-0.25, -0.2) is 4.99 Å². The summed E-state index contributed by atoms with van der Waals surface area (Å²) in [4.78, 5) is 8.74. The first-order valence-electron chi connectivity index (χ1n) is 6.69. The number of para-hydroxylation sites is 1. The molecule has 22 heavy (non-hydrogen) atoms. The molecule has 0 saturated heterocycles. The van der Waals surface area contributed by atoms with Crippen LogP contribution in [0.15, 0.2) is 59.6 Å². The van der Waals surface area contributed by atoms with Gasteiger partial charge in [-0.1, -0.05) is 48.5 Å². The van der Waals surface area contributed by atoms with Gasteiger partial charge in [0.05, 0.1) is 5.69 Å².